The number of amides is 4. The number of nitrogens with one attached hydrogen (secondary N) is 1. The number of rotatable bonds is 3. The molecular weight excluding hydrogens is 330 g/mol. The number of carbonyl (C=O) groups excluding carboxylic acids is 3. The molecule has 2 fully saturated rings. The van der Waals surface area contributed by atoms with Crippen LogP contribution >= 0.6 is 0 Å². The van der Waals surface area contributed by atoms with E-state index in [2.05, 4.69) is 26.1 Å². The molecule has 2 saturated heterocycles. The molecule has 0 aromatic carbocycles. The highest BCUT2D eigenvalue weighted by Gasteiger charge is 2.44. The molecule has 2 aliphatic rings. The van der Waals surface area contributed by atoms with E-state index >= 15 is 0 Å². The zero-order valence-corrected chi connectivity index (χ0v) is 17.2. The fraction of sp³-hybridized carbons (Fsp3) is 0.850. The standard InChI is InChI=1S/C20H35N3O3/c1-19(2,3)14-7-10-22(11-8-14)18(26)21-9-12-23-16(24)13-15(17(23)25)20(4,5)6/h14-15H,7-13H2,1-6H3,(H,21,26). The molecule has 1 atom stereocenters. The second kappa shape index (κ2) is 7.57. The van der Waals surface area contributed by atoms with E-state index < -0.39 is 0 Å². The molecule has 1 N–H and O–H groups in total. The van der Waals surface area contributed by atoms with Crippen LogP contribution in [0.4, 0.5) is 4.79 Å². The molecule has 6 nitrogen and oxygen atoms in total. The molecule has 0 spiro atoms. The van der Waals surface area contributed by atoms with Crippen molar-refractivity contribution in [2.24, 2.45) is 22.7 Å². The third-order valence-electron chi connectivity index (χ3n) is 5.91. The number of imide groups is 1. The number of likely N-dealkylation sites (tertiary alicyclic amines) is 2. The van der Waals surface area contributed by atoms with Gasteiger partial charge in [-0.3, -0.25) is 14.5 Å². The van der Waals surface area contributed by atoms with Crippen molar-refractivity contribution in [1.82, 2.24) is 15.1 Å². The Hall–Kier alpha value is -1.59. The summed E-state index contributed by atoms with van der Waals surface area (Å²) in [6.07, 6.45) is 2.32. The lowest BCUT2D eigenvalue weighted by Gasteiger charge is -2.38. The second-order valence-corrected chi connectivity index (χ2v) is 9.87. The van der Waals surface area contributed by atoms with E-state index in [0.29, 0.717) is 12.5 Å². The monoisotopic (exact) mass is 365 g/mol. The summed E-state index contributed by atoms with van der Waals surface area (Å²) < 4.78 is 0. The van der Waals surface area contributed by atoms with Crippen LogP contribution in [0.3, 0.4) is 0 Å². The summed E-state index contributed by atoms with van der Waals surface area (Å²) in [6, 6.07) is -0.0937. The third-order valence-corrected chi connectivity index (χ3v) is 5.91. The molecule has 2 aliphatic heterocycles. The maximum atomic E-state index is 12.5. The molecule has 26 heavy (non-hydrogen) atoms. The fourth-order valence-electron chi connectivity index (χ4n) is 3.93. The fourth-order valence-corrected chi connectivity index (χ4v) is 3.93. The van der Waals surface area contributed by atoms with E-state index in [9.17, 15) is 14.4 Å². The highest BCUT2D eigenvalue weighted by atomic mass is 16.2. The lowest BCUT2D eigenvalue weighted by Crippen LogP contribution is -2.48. The van der Waals surface area contributed by atoms with Crippen LogP contribution < -0.4 is 5.32 Å². The Labute approximate surface area is 157 Å². The van der Waals surface area contributed by atoms with Crippen molar-refractivity contribution >= 4 is 17.8 Å². The first-order chi connectivity index (χ1) is 11.9. The van der Waals surface area contributed by atoms with Gasteiger partial charge < -0.3 is 10.2 Å². The summed E-state index contributed by atoms with van der Waals surface area (Å²) in [7, 11) is 0. The van der Waals surface area contributed by atoms with Gasteiger partial charge in [-0.1, -0.05) is 41.5 Å². The number of hydrogen-bond donors (Lipinski definition) is 1. The summed E-state index contributed by atoms with van der Waals surface area (Å²) in [5.74, 6) is 0.140. The zero-order chi connectivity index (χ0) is 19.7. The lowest BCUT2D eigenvalue weighted by atomic mass is 9.75. The molecule has 6 heteroatoms. The number of carbonyl (C=O) groups is 3. The Morgan fingerprint density at radius 1 is 1.04 bits per heavy atom. The van der Waals surface area contributed by atoms with Crippen LogP contribution in [0.1, 0.15) is 60.8 Å². The molecular formula is C20H35N3O3. The van der Waals surface area contributed by atoms with E-state index in [1.54, 1.807) is 0 Å². The molecule has 2 heterocycles. The van der Waals surface area contributed by atoms with E-state index in [-0.39, 0.29) is 47.6 Å². The average molecular weight is 366 g/mol. The highest BCUT2D eigenvalue weighted by Crippen LogP contribution is 2.35. The van der Waals surface area contributed by atoms with Crippen LogP contribution in [0.2, 0.25) is 0 Å². The van der Waals surface area contributed by atoms with Crippen molar-refractivity contribution in [2.45, 2.75) is 60.8 Å². The maximum Gasteiger partial charge on any atom is 0.317 e. The smallest absolute Gasteiger partial charge is 0.317 e. The number of urea groups is 1. The van der Waals surface area contributed by atoms with E-state index in [0.717, 1.165) is 25.9 Å². The third kappa shape index (κ3) is 4.77. The molecule has 2 rings (SSSR count). The molecule has 0 bridgehead atoms. The van der Waals surface area contributed by atoms with Crippen LogP contribution in [0.25, 0.3) is 0 Å². The first kappa shape index (κ1) is 20.7. The summed E-state index contributed by atoms with van der Waals surface area (Å²) in [6.45, 7) is 14.8. The number of hydrogen-bond acceptors (Lipinski definition) is 3. The highest BCUT2D eigenvalue weighted by molar-refractivity contribution is 6.03. The van der Waals surface area contributed by atoms with Gasteiger partial charge >= 0.3 is 6.03 Å². The number of nitrogens with zero attached hydrogens (tertiary/aromatic N) is 2. The van der Waals surface area contributed by atoms with Gasteiger partial charge in [0.2, 0.25) is 11.8 Å². The Balaban J connectivity index is 1.77. The second-order valence-electron chi connectivity index (χ2n) is 9.87. The molecule has 0 aliphatic carbocycles. The van der Waals surface area contributed by atoms with Gasteiger partial charge in [0.05, 0.1) is 5.92 Å². The quantitative estimate of drug-likeness (QED) is 0.782. The minimum atomic E-state index is -0.262. The summed E-state index contributed by atoms with van der Waals surface area (Å²) >= 11 is 0. The SMILES string of the molecule is CC(C)(C)C1CCN(C(=O)NCCN2C(=O)CC(C(C)(C)C)C2=O)CC1. The van der Waals surface area contributed by atoms with Crippen molar-refractivity contribution in [3.05, 3.63) is 0 Å². The lowest BCUT2D eigenvalue weighted by molar-refractivity contribution is -0.140. The van der Waals surface area contributed by atoms with Crippen molar-refractivity contribution in [3.8, 4) is 0 Å². The van der Waals surface area contributed by atoms with Crippen LogP contribution in [0, 0.1) is 22.7 Å². The van der Waals surface area contributed by atoms with Gasteiger partial charge in [0.25, 0.3) is 0 Å². The molecule has 0 saturated carbocycles. The normalized spacial score (nSPS) is 22.9. The van der Waals surface area contributed by atoms with E-state index in [4.69, 9.17) is 0 Å². The maximum absolute atomic E-state index is 12.5. The number of piperidine rings is 1. The van der Waals surface area contributed by atoms with Crippen LogP contribution in [0.15, 0.2) is 0 Å². The van der Waals surface area contributed by atoms with Crippen molar-refractivity contribution < 1.29 is 14.4 Å². The van der Waals surface area contributed by atoms with Crippen LogP contribution in [-0.4, -0.2) is 53.8 Å². The van der Waals surface area contributed by atoms with Crippen molar-refractivity contribution in [3.63, 3.8) is 0 Å². The molecule has 0 aromatic heterocycles. The van der Waals surface area contributed by atoms with Gasteiger partial charge in [-0.25, -0.2) is 4.79 Å². The summed E-state index contributed by atoms with van der Waals surface area (Å²) in [4.78, 5) is 40.1. The van der Waals surface area contributed by atoms with E-state index in [1.807, 2.05) is 25.7 Å². The first-order valence-corrected chi connectivity index (χ1v) is 9.78. The van der Waals surface area contributed by atoms with Gasteiger partial charge in [0, 0.05) is 32.6 Å². The molecule has 148 valence electrons. The van der Waals surface area contributed by atoms with Gasteiger partial charge in [0.15, 0.2) is 0 Å². The predicted octanol–water partition coefficient (Wildman–Crippen LogP) is 2.88. The van der Waals surface area contributed by atoms with Crippen LogP contribution in [-0.2, 0) is 9.59 Å². The van der Waals surface area contributed by atoms with Gasteiger partial charge in [-0.15, -0.1) is 0 Å². The van der Waals surface area contributed by atoms with Crippen molar-refractivity contribution in [2.75, 3.05) is 26.2 Å². The Kier molecular flexibility index (Phi) is 6.03. The Bertz CT molecular complexity index is 552. The van der Waals surface area contributed by atoms with Gasteiger partial charge in [0.1, 0.15) is 0 Å². The molecule has 0 aromatic rings. The predicted molar refractivity (Wildman–Crippen MR) is 101 cm³/mol. The van der Waals surface area contributed by atoms with Crippen molar-refractivity contribution in [1.29, 1.82) is 0 Å². The Morgan fingerprint density at radius 2 is 1.62 bits per heavy atom. The minimum absolute atomic E-state index is 0.0937. The first-order valence-electron chi connectivity index (χ1n) is 9.78. The van der Waals surface area contributed by atoms with Crippen LogP contribution in [0.5, 0.6) is 0 Å². The average Bonchev–Trinajstić information content (AvgIpc) is 2.82. The molecule has 1 unspecified atom stereocenters. The molecule has 0 radical (unpaired) electrons. The summed E-state index contributed by atoms with van der Waals surface area (Å²) in [5, 5.41) is 2.87. The van der Waals surface area contributed by atoms with Gasteiger partial charge in [-0.05, 0) is 29.6 Å². The minimum Gasteiger partial charge on any atom is -0.336 e. The Morgan fingerprint density at radius 3 is 2.08 bits per heavy atom. The summed E-state index contributed by atoms with van der Waals surface area (Å²) in [5.41, 5.74) is 0.0603. The van der Waals surface area contributed by atoms with E-state index in [1.165, 1.54) is 4.90 Å². The largest absolute Gasteiger partial charge is 0.336 e. The van der Waals surface area contributed by atoms with Gasteiger partial charge in [-0.2, -0.15) is 0 Å². The zero-order valence-electron chi connectivity index (χ0n) is 17.2. The topological polar surface area (TPSA) is 69.7 Å². The molecule has 4 amide bonds.